The van der Waals surface area contributed by atoms with Gasteiger partial charge < -0.3 is 39.8 Å². The maximum Gasteiger partial charge on any atom is 0.417 e. The van der Waals surface area contributed by atoms with Crippen LogP contribution < -0.4 is 25.2 Å². The molecule has 0 radical (unpaired) electrons. The number of nitriles is 1. The maximum absolute atomic E-state index is 15.8. The fourth-order valence-corrected chi connectivity index (χ4v) is 9.85. The highest BCUT2D eigenvalue weighted by molar-refractivity contribution is 7.81. The van der Waals surface area contributed by atoms with Gasteiger partial charge in [-0.25, -0.2) is 14.2 Å². The Morgan fingerprint density at radius 2 is 1.63 bits per heavy atom. The Balaban J connectivity index is 0.853. The van der Waals surface area contributed by atoms with E-state index >= 15 is 4.39 Å². The van der Waals surface area contributed by atoms with Crippen LogP contribution in [-0.2, 0) is 36.6 Å². The van der Waals surface area contributed by atoms with Crippen LogP contribution in [-0.4, -0.2) is 101 Å². The normalized spacial score (nSPS) is 17.1. The molecule has 2 aliphatic rings. The standard InChI is InChI=1S/C52H53F4N7O8S2/c1-30-43(73-29-59-30)33-9-7-31(8-10-33)27-58-45(65)42-25-37(64)28-61(42)46(66)44(50(2,3)4)60-48(68)71-22-20-69-19-21-70-38-16-12-32(13-17-38)39-18-15-36(24-41(39)53)63-49(72)62(47(67)51(63,5)6)35-14-11-34(26-57)40(23-35)52(54,55)56/h7-18,23-24,29,37,42,44,64H,19-22,25,27-28H2,1-6H3,(H,58,65)(H,60,68)/t37-,42+,44-/m1/s1. The average Bonchev–Trinajstić information content (AvgIpc) is 4.01. The molecular weight excluding hydrogens is 991 g/mol. The Kier molecular flexibility index (Phi) is 16.2. The van der Waals surface area contributed by atoms with E-state index in [1.165, 1.54) is 47.9 Å². The zero-order valence-corrected chi connectivity index (χ0v) is 42.3. The van der Waals surface area contributed by atoms with Gasteiger partial charge in [0.15, 0.2) is 5.11 Å². The number of rotatable bonds is 16. The van der Waals surface area contributed by atoms with Crippen molar-refractivity contribution in [3.05, 3.63) is 119 Å². The van der Waals surface area contributed by atoms with Crippen LogP contribution in [0, 0.1) is 29.5 Å². The summed E-state index contributed by atoms with van der Waals surface area (Å²) in [4.78, 5) is 62.9. The topological polar surface area (TPSA) is 187 Å². The lowest BCUT2D eigenvalue weighted by molar-refractivity contribution is -0.142. The van der Waals surface area contributed by atoms with Gasteiger partial charge in [-0.2, -0.15) is 18.4 Å². The summed E-state index contributed by atoms with van der Waals surface area (Å²) in [6, 6.07) is 20.9. The van der Waals surface area contributed by atoms with Gasteiger partial charge >= 0.3 is 12.3 Å². The minimum Gasteiger partial charge on any atom is -0.491 e. The molecule has 0 unspecified atom stereocenters. The van der Waals surface area contributed by atoms with Crippen molar-refractivity contribution >= 4 is 63.9 Å². The number of aromatic nitrogens is 1. The van der Waals surface area contributed by atoms with Crippen LogP contribution in [0.15, 0.2) is 90.4 Å². The third kappa shape index (κ3) is 12.1. The van der Waals surface area contributed by atoms with E-state index in [9.17, 15) is 42.7 Å². The van der Waals surface area contributed by atoms with Gasteiger partial charge in [-0.05, 0) is 104 Å². The number of hydrogen-bond acceptors (Lipinski definition) is 12. The fourth-order valence-electron chi connectivity index (χ4n) is 8.52. The minimum absolute atomic E-state index is 0.00719. The number of nitrogens with one attached hydrogen (secondary N) is 2. The maximum atomic E-state index is 15.8. The highest BCUT2D eigenvalue weighted by Crippen LogP contribution is 2.41. The van der Waals surface area contributed by atoms with E-state index in [4.69, 9.17) is 26.4 Å². The summed E-state index contributed by atoms with van der Waals surface area (Å²) in [5, 5.41) is 25.1. The van der Waals surface area contributed by atoms with Gasteiger partial charge in [0.2, 0.25) is 11.8 Å². The molecule has 4 aromatic carbocycles. The van der Waals surface area contributed by atoms with Gasteiger partial charge in [0, 0.05) is 30.8 Å². The van der Waals surface area contributed by atoms with Gasteiger partial charge in [-0.15, -0.1) is 11.3 Å². The summed E-state index contributed by atoms with van der Waals surface area (Å²) in [6.45, 7) is 10.5. The van der Waals surface area contributed by atoms with E-state index < -0.39 is 76.1 Å². The molecule has 4 amide bonds. The van der Waals surface area contributed by atoms with Gasteiger partial charge in [0.05, 0.1) is 58.3 Å². The first kappa shape index (κ1) is 53.8. The van der Waals surface area contributed by atoms with Crippen LogP contribution in [0.25, 0.3) is 21.6 Å². The van der Waals surface area contributed by atoms with Gasteiger partial charge in [0.25, 0.3) is 5.91 Å². The van der Waals surface area contributed by atoms with Crippen molar-refractivity contribution in [2.24, 2.45) is 5.41 Å². The number of thiocarbonyl (C=S) groups is 1. The molecule has 5 aromatic rings. The molecule has 0 aliphatic carbocycles. The lowest BCUT2D eigenvalue weighted by Gasteiger charge is -2.35. The molecule has 2 fully saturated rings. The monoisotopic (exact) mass is 1040 g/mol. The van der Waals surface area contributed by atoms with Gasteiger partial charge in [-0.1, -0.05) is 57.2 Å². The predicted molar refractivity (Wildman–Crippen MR) is 269 cm³/mol. The number of alkyl halides is 3. The molecule has 0 spiro atoms. The first-order valence-corrected chi connectivity index (χ1v) is 24.4. The zero-order valence-electron chi connectivity index (χ0n) is 40.7. The number of alkyl carbamates (subject to hydrolysis) is 1. The Bertz CT molecular complexity index is 2920. The number of aliphatic hydroxyl groups is 1. The number of carbonyl (C=O) groups is 4. The molecule has 1 aromatic heterocycles. The molecule has 15 nitrogen and oxygen atoms in total. The molecule has 3 N–H and O–H groups in total. The molecule has 0 bridgehead atoms. The minimum atomic E-state index is -4.86. The van der Waals surface area contributed by atoms with E-state index in [1.807, 2.05) is 31.2 Å². The number of ether oxygens (including phenoxy) is 3. The lowest BCUT2D eigenvalue weighted by atomic mass is 9.85. The summed E-state index contributed by atoms with van der Waals surface area (Å²) >= 11 is 7.13. The number of likely N-dealkylation sites (tertiary alicyclic amines) is 1. The number of carbonyl (C=O) groups excluding carboxylic acids is 4. The Morgan fingerprint density at radius 3 is 2.26 bits per heavy atom. The number of aryl methyl sites for hydroxylation is 1. The molecule has 2 saturated heterocycles. The summed E-state index contributed by atoms with van der Waals surface area (Å²) in [5.41, 5.74) is 1.28. The molecule has 21 heteroatoms. The number of aliphatic hydroxyl groups excluding tert-OH is 1. The molecule has 7 rings (SSSR count). The van der Waals surface area contributed by atoms with Gasteiger partial charge in [0.1, 0.15) is 42.4 Å². The molecule has 384 valence electrons. The highest BCUT2D eigenvalue weighted by Gasteiger charge is 2.51. The second kappa shape index (κ2) is 22.0. The van der Waals surface area contributed by atoms with Crippen molar-refractivity contribution in [2.75, 3.05) is 42.8 Å². The van der Waals surface area contributed by atoms with Crippen molar-refractivity contribution in [2.45, 2.75) is 84.4 Å². The SMILES string of the molecule is Cc1ncsc1-c1ccc(CNC(=O)[C@@H]2C[C@@H](O)CN2C(=O)[C@@H](NC(=O)OCCOCCOc2ccc(-c3ccc(N4C(=S)N(c5ccc(C#N)c(C(F)(F)F)c5)C(=O)C4(C)C)cc3F)cc2)C(C)(C)C)cc1. The van der Waals surface area contributed by atoms with E-state index in [0.717, 1.165) is 32.7 Å². The predicted octanol–water partition coefficient (Wildman–Crippen LogP) is 8.55. The van der Waals surface area contributed by atoms with Gasteiger partial charge in [-0.3, -0.25) is 19.3 Å². The third-order valence-corrected chi connectivity index (χ3v) is 13.7. The second-order valence-corrected chi connectivity index (χ2v) is 20.2. The number of amides is 4. The van der Waals surface area contributed by atoms with Crippen LogP contribution in [0.3, 0.4) is 0 Å². The fraction of sp³-hybridized carbons (Fsp3) is 0.365. The number of halogens is 4. The first-order valence-electron chi connectivity index (χ1n) is 23.1. The van der Waals surface area contributed by atoms with Crippen molar-refractivity contribution in [1.82, 2.24) is 20.5 Å². The van der Waals surface area contributed by atoms with Crippen LogP contribution in [0.1, 0.15) is 63.4 Å². The van der Waals surface area contributed by atoms with Crippen LogP contribution in [0.4, 0.5) is 33.7 Å². The number of β-amino-alcohol motifs (C(OH)–C–C–N with tert-alkyl or cyclic N) is 1. The van der Waals surface area contributed by atoms with Crippen molar-refractivity contribution in [1.29, 1.82) is 5.26 Å². The van der Waals surface area contributed by atoms with Crippen molar-refractivity contribution in [3.63, 3.8) is 0 Å². The highest BCUT2D eigenvalue weighted by atomic mass is 32.1. The van der Waals surface area contributed by atoms with Crippen molar-refractivity contribution in [3.8, 4) is 33.4 Å². The Labute approximate surface area is 428 Å². The van der Waals surface area contributed by atoms with E-state index in [0.29, 0.717) is 17.4 Å². The van der Waals surface area contributed by atoms with Crippen LogP contribution in [0.5, 0.6) is 5.75 Å². The lowest BCUT2D eigenvalue weighted by Crippen LogP contribution is -2.57. The average molecular weight is 1040 g/mol. The first-order chi connectivity index (χ1) is 34.5. The molecule has 2 aliphatic heterocycles. The Morgan fingerprint density at radius 1 is 0.959 bits per heavy atom. The summed E-state index contributed by atoms with van der Waals surface area (Å²) < 4.78 is 73.7. The van der Waals surface area contributed by atoms with Crippen LogP contribution >= 0.6 is 23.6 Å². The zero-order chi connectivity index (χ0) is 53.0. The number of benzene rings is 4. The Hall–Kier alpha value is -6.99. The smallest absolute Gasteiger partial charge is 0.417 e. The summed E-state index contributed by atoms with van der Waals surface area (Å²) in [7, 11) is 0. The number of thiazole rings is 1. The second-order valence-electron chi connectivity index (χ2n) is 19.0. The summed E-state index contributed by atoms with van der Waals surface area (Å²) in [6.07, 6.45) is -6.62. The van der Waals surface area contributed by atoms with E-state index in [-0.39, 0.29) is 68.0 Å². The number of anilines is 2. The summed E-state index contributed by atoms with van der Waals surface area (Å²) in [5.74, 6) is -1.81. The van der Waals surface area contributed by atoms with Crippen molar-refractivity contribution < 1.29 is 56.1 Å². The van der Waals surface area contributed by atoms with E-state index in [2.05, 4.69) is 15.6 Å². The molecule has 0 saturated carbocycles. The van der Waals surface area contributed by atoms with E-state index in [1.54, 1.807) is 68.0 Å². The molecule has 3 atom stereocenters. The molecule has 3 heterocycles. The largest absolute Gasteiger partial charge is 0.491 e. The quantitative estimate of drug-likeness (QED) is 0.0487. The molecule has 73 heavy (non-hydrogen) atoms. The number of nitrogens with zero attached hydrogens (tertiary/aromatic N) is 5. The van der Waals surface area contributed by atoms with Crippen LogP contribution in [0.2, 0.25) is 0 Å². The number of hydrogen-bond donors (Lipinski definition) is 3. The molecular formula is C52H53F4N7O8S2. The third-order valence-electron chi connectivity index (χ3n) is 12.4.